The number of hydrogen-bond donors (Lipinski definition) is 2. The van der Waals surface area contributed by atoms with Crippen molar-refractivity contribution in [2.24, 2.45) is 7.05 Å². The zero-order valence-electron chi connectivity index (χ0n) is 15.1. The fourth-order valence-electron chi connectivity index (χ4n) is 2.16. The lowest BCUT2D eigenvalue weighted by Gasteiger charge is -2.28. The van der Waals surface area contributed by atoms with E-state index in [9.17, 15) is 9.90 Å². The number of amides is 1. The van der Waals surface area contributed by atoms with Gasteiger partial charge in [-0.2, -0.15) is 5.10 Å². The van der Waals surface area contributed by atoms with E-state index in [-0.39, 0.29) is 6.54 Å². The molecule has 0 aliphatic carbocycles. The van der Waals surface area contributed by atoms with E-state index >= 15 is 0 Å². The van der Waals surface area contributed by atoms with Crippen molar-refractivity contribution >= 4 is 6.09 Å². The first-order chi connectivity index (χ1) is 10.6. The number of aryl methyl sites for hydroxylation is 2. The smallest absolute Gasteiger partial charge is 0.410 e. The molecular weight excluding hydrogens is 296 g/mol. The maximum Gasteiger partial charge on any atom is 0.410 e. The van der Waals surface area contributed by atoms with Crippen LogP contribution in [0, 0.1) is 6.92 Å². The SMILES string of the molecule is Cc1nn(C)cc1CNCCN(CC(C)O)C(=O)OC(C)(C)C. The van der Waals surface area contributed by atoms with Crippen LogP contribution in [0.1, 0.15) is 39.0 Å². The molecule has 0 aromatic carbocycles. The molecule has 0 aliphatic heterocycles. The van der Waals surface area contributed by atoms with Crippen LogP contribution < -0.4 is 5.32 Å². The van der Waals surface area contributed by atoms with E-state index in [1.54, 1.807) is 11.6 Å². The van der Waals surface area contributed by atoms with Crippen molar-refractivity contribution in [2.45, 2.75) is 52.9 Å². The molecule has 7 nitrogen and oxygen atoms in total. The minimum absolute atomic E-state index is 0.252. The molecule has 0 spiro atoms. The Labute approximate surface area is 138 Å². The van der Waals surface area contributed by atoms with Crippen molar-refractivity contribution in [2.75, 3.05) is 19.6 Å². The molecule has 0 bridgehead atoms. The van der Waals surface area contributed by atoms with Gasteiger partial charge in [-0.3, -0.25) is 4.68 Å². The third-order valence-corrected chi connectivity index (χ3v) is 3.13. The Morgan fingerprint density at radius 3 is 2.65 bits per heavy atom. The molecule has 1 rings (SSSR count). The number of rotatable bonds is 7. The number of nitrogens with zero attached hydrogens (tertiary/aromatic N) is 3. The van der Waals surface area contributed by atoms with Gasteiger partial charge in [0.2, 0.25) is 0 Å². The summed E-state index contributed by atoms with van der Waals surface area (Å²) in [4.78, 5) is 13.7. The Balaban J connectivity index is 2.47. The Bertz CT molecular complexity index is 506. The van der Waals surface area contributed by atoms with E-state index in [0.29, 0.717) is 19.6 Å². The van der Waals surface area contributed by atoms with Gasteiger partial charge in [0.15, 0.2) is 0 Å². The van der Waals surface area contributed by atoms with Gasteiger partial charge in [0.1, 0.15) is 5.60 Å². The summed E-state index contributed by atoms with van der Waals surface area (Å²) in [6.45, 7) is 11.1. The van der Waals surface area contributed by atoms with E-state index in [2.05, 4.69) is 10.4 Å². The maximum absolute atomic E-state index is 12.2. The second-order valence-electron chi connectivity index (χ2n) is 6.87. The molecule has 0 radical (unpaired) electrons. The topological polar surface area (TPSA) is 79.6 Å². The minimum atomic E-state index is -0.594. The molecular formula is C16H30N4O3. The molecule has 1 aromatic heterocycles. The molecule has 132 valence electrons. The first-order valence-corrected chi connectivity index (χ1v) is 7.94. The van der Waals surface area contributed by atoms with Crippen molar-refractivity contribution in [3.8, 4) is 0 Å². The molecule has 0 saturated carbocycles. The highest BCUT2D eigenvalue weighted by atomic mass is 16.6. The molecule has 1 aromatic rings. The molecule has 0 fully saturated rings. The number of carbonyl (C=O) groups excluding carboxylic acids is 1. The molecule has 2 N–H and O–H groups in total. The molecule has 1 amide bonds. The molecule has 0 saturated heterocycles. The van der Waals surface area contributed by atoms with Crippen molar-refractivity contribution in [1.82, 2.24) is 20.0 Å². The fourth-order valence-corrected chi connectivity index (χ4v) is 2.16. The standard InChI is InChI=1S/C16H30N4O3/c1-12(21)10-20(15(22)23-16(3,4)5)8-7-17-9-14-11-19(6)18-13(14)2/h11-12,17,21H,7-10H2,1-6H3. The van der Waals surface area contributed by atoms with E-state index in [0.717, 1.165) is 11.3 Å². The minimum Gasteiger partial charge on any atom is -0.444 e. The first kappa shape index (κ1) is 19.4. The molecule has 23 heavy (non-hydrogen) atoms. The summed E-state index contributed by atoms with van der Waals surface area (Å²) in [5.41, 5.74) is 1.58. The lowest BCUT2D eigenvalue weighted by molar-refractivity contribution is 0.0164. The van der Waals surface area contributed by atoms with Crippen LogP contribution in [0.4, 0.5) is 4.79 Å². The average Bonchev–Trinajstić information content (AvgIpc) is 2.69. The summed E-state index contributed by atoms with van der Waals surface area (Å²) in [7, 11) is 1.89. The van der Waals surface area contributed by atoms with E-state index < -0.39 is 17.8 Å². The molecule has 1 atom stereocenters. The van der Waals surface area contributed by atoms with Crippen molar-refractivity contribution < 1.29 is 14.6 Å². The number of hydrogen-bond acceptors (Lipinski definition) is 5. The summed E-state index contributed by atoms with van der Waals surface area (Å²) < 4.78 is 7.16. The predicted molar refractivity (Wildman–Crippen MR) is 89.1 cm³/mol. The third-order valence-electron chi connectivity index (χ3n) is 3.13. The zero-order chi connectivity index (χ0) is 17.6. The van der Waals surface area contributed by atoms with Crippen LogP contribution in [0.2, 0.25) is 0 Å². The Kier molecular flexibility index (Phi) is 7.02. The number of nitrogens with one attached hydrogen (secondary N) is 1. The number of carbonyl (C=O) groups is 1. The quantitative estimate of drug-likeness (QED) is 0.741. The van der Waals surface area contributed by atoms with Crippen LogP contribution in [0.15, 0.2) is 6.20 Å². The fraction of sp³-hybridized carbons (Fsp3) is 0.750. The maximum atomic E-state index is 12.2. The number of ether oxygens (including phenoxy) is 1. The van der Waals surface area contributed by atoms with Gasteiger partial charge in [0.05, 0.1) is 11.8 Å². The lowest BCUT2D eigenvalue weighted by atomic mass is 10.2. The third kappa shape index (κ3) is 7.47. The van der Waals surface area contributed by atoms with Gasteiger partial charge in [-0.25, -0.2) is 4.79 Å². The Hall–Kier alpha value is -1.60. The lowest BCUT2D eigenvalue weighted by Crippen LogP contribution is -2.43. The van der Waals surface area contributed by atoms with Gasteiger partial charge >= 0.3 is 6.09 Å². The van der Waals surface area contributed by atoms with Gasteiger partial charge in [-0.1, -0.05) is 0 Å². The highest BCUT2D eigenvalue weighted by molar-refractivity contribution is 5.68. The highest BCUT2D eigenvalue weighted by Crippen LogP contribution is 2.10. The summed E-state index contributed by atoms with van der Waals surface area (Å²) in [6, 6.07) is 0. The number of aromatic nitrogens is 2. The van der Waals surface area contributed by atoms with E-state index in [4.69, 9.17) is 4.74 Å². The van der Waals surface area contributed by atoms with E-state index in [1.807, 2.05) is 40.9 Å². The summed E-state index contributed by atoms with van der Waals surface area (Å²) in [5, 5.41) is 17.1. The summed E-state index contributed by atoms with van der Waals surface area (Å²) in [5.74, 6) is 0. The van der Waals surface area contributed by atoms with Crippen LogP contribution in [0.25, 0.3) is 0 Å². The van der Waals surface area contributed by atoms with Crippen LogP contribution in [-0.2, 0) is 18.3 Å². The van der Waals surface area contributed by atoms with Gasteiger partial charge in [-0.15, -0.1) is 0 Å². The molecule has 1 heterocycles. The number of aliphatic hydroxyl groups is 1. The second kappa shape index (κ2) is 8.31. The highest BCUT2D eigenvalue weighted by Gasteiger charge is 2.22. The van der Waals surface area contributed by atoms with Crippen molar-refractivity contribution in [3.63, 3.8) is 0 Å². The Morgan fingerprint density at radius 1 is 1.52 bits per heavy atom. The molecule has 0 aliphatic rings. The van der Waals surface area contributed by atoms with Crippen LogP contribution in [0.5, 0.6) is 0 Å². The number of aliphatic hydroxyl groups excluding tert-OH is 1. The molecule has 7 heteroatoms. The van der Waals surface area contributed by atoms with Gasteiger partial charge in [0.25, 0.3) is 0 Å². The normalized spacial score (nSPS) is 13.0. The van der Waals surface area contributed by atoms with Gasteiger partial charge in [0, 0.05) is 45.0 Å². The predicted octanol–water partition coefficient (Wildman–Crippen LogP) is 1.44. The largest absolute Gasteiger partial charge is 0.444 e. The van der Waals surface area contributed by atoms with E-state index in [1.165, 1.54) is 4.90 Å². The van der Waals surface area contributed by atoms with Crippen LogP contribution in [-0.4, -0.2) is 57.2 Å². The molecule has 1 unspecified atom stereocenters. The Morgan fingerprint density at radius 2 is 2.17 bits per heavy atom. The second-order valence-corrected chi connectivity index (χ2v) is 6.87. The van der Waals surface area contributed by atoms with Gasteiger partial charge < -0.3 is 20.1 Å². The van der Waals surface area contributed by atoms with Crippen LogP contribution >= 0.6 is 0 Å². The monoisotopic (exact) mass is 326 g/mol. The summed E-state index contributed by atoms with van der Waals surface area (Å²) in [6.07, 6.45) is 0.977. The van der Waals surface area contributed by atoms with Crippen molar-refractivity contribution in [3.05, 3.63) is 17.5 Å². The van der Waals surface area contributed by atoms with Crippen molar-refractivity contribution in [1.29, 1.82) is 0 Å². The first-order valence-electron chi connectivity index (χ1n) is 7.94. The average molecular weight is 326 g/mol. The summed E-state index contributed by atoms with van der Waals surface area (Å²) >= 11 is 0. The van der Waals surface area contributed by atoms with Crippen LogP contribution in [0.3, 0.4) is 0 Å². The van der Waals surface area contributed by atoms with Gasteiger partial charge in [-0.05, 0) is 34.6 Å². The zero-order valence-corrected chi connectivity index (χ0v) is 15.1.